The minimum absolute atomic E-state index is 0.0194. The maximum atomic E-state index is 11.9. The molecule has 3 aromatic rings. The third-order valence-corrected chi connectivity index (χ3v) is 4.67. The molecule has 0 spiro atoms. The van der Waals surface area contributed by atoms with Crippen LogP contribution in [-0.2, 0) is 9.53 Å². The Morgan fingerprint density at radius 1 is 1.17 bits per heavy atom. The van der Waals surface area contributed by atoms with Crippen LogP contribution in [0.25, 0.3) is 22.3 Å². The van der Waals surface area contributed by atoms with Gasteiger partial charge in [-0.05, 0) is 24.3 Å². The molecular weight excluding hydrogens is 370 g/mol. The van der Waals surface area contributed by atoms with Gasteiger partial charge in [0.1, 0.15) is 6.10 Å². The first-order chi connectivity index (χ1) is 14.0. The Kier molecular flexibility index (Phi) is 5.26. The Balaban J connectivity index is 1.64. The predicted octanol–water partition coefficient (Wildman–Crippen LogP) is 3.04. The van der Waals surface area contributed by atoms with Crippen LogP contribution in [0.4, 0.5) is 11.6 Å². The molecular formula is C21H23N5O3. The molecule has 150 valence electrons. The average molecular weight is 393 g/mol. The van der Waals surface area contributed by atoms with E-state index in [4.69, 9.17) is 20.2 Å². The molecule has 3 heterocycles. The number of amides is 1. The number of carbonyl (C=O) groups excluding carboxylic acids is 1. The van der Waals surface area contributed by atoms with Crippen molar-refractivity contribution >= 4 is 28.6 Å². The van der Waals surface area contributed by atoms with E-state index in [2.05, 4.69) is 15.3 Å². The second-order valence-electron chi connectivity index (χ2n) is 7.28. The number of nitrogens with two attached hydrogens (primary N) is 1. The van der Waals surface area contributed by atoms with Crippen molar-refractivity contribution in [2.24, 2.45) is 5.92 Å². The number of carbonyl (C=O) groups is 1. The summed E-state index contributed by atoms with van der Waals surface area (Å²) < 4.78 is 11.3. The number of rotatable bonds is 5. The number of benzene rings is 1. The third kappa shape index (κ3) is 4.27. The van der Waals surface area contributed by atoms with Crippen molar-refractivity contribution in [3.63, 3.8) is 0 Å². The zero-order chi connectivity index (χ0) is 20.4. The van der Waals surface area contributed by atoms with Crippen LogP contribution in [0.3, 0.4) is 0 Å². The molecule has 1 saturated heterocycles. The number of nitrogens with one attached hydrogen (secondary N) is 1. The van der Waals surface area contributed by atoms with Gasteiger partial charge < -0.3 is 20.5 Å². The van der Waals surface area contributed by atoms with E-state index in [1.54, 1.807) is 0 Å². The van der Waals surface area contributed by atoms with Crippen LogP contribution < -0.4 is 15.8 Å². The van der Waals surface area contributed by atoms with Crippen molar-refractivity contribution < 1.29 is 14.3 Å². The molecule has 1 fully saturated rings. The lowest BCUT2D eigenvalue weighted by molar-refractivity contribution is -0.118. The van der Waals surface area contributed by atoms with Crippen molar-refractivity contribution in [1.29, 1.82) is 0 Å². The van der Waals surface area contributed by atoms with Crippen molar-refractivity contribution in [3.05, 3.63) is 36.4 Å². The van der Waals surface area contributed by atoms with E-state index in [0.717, 1.165) is 23.4 Å². The summed E-state index contributed by atoms with van der Waals surface area (Å²) in [5.74, 6) is 0.416. The highest BCUT2D eigenvalue weighted by molar-refractivity contribution is 5.92. The van der Waals surface area contributed by atoms with Crippen molar-refractivity contribution in [1.82, 2.24) is 15.0 Å². The van der Waals surface area contributed by atoms with Crippen molar-refractivity contribution in [2.75, 3.05) is 24.3 Å². The summed E-state index contributed by atoms with van der Waals surface area (Å²) >= 11 is 0. The van der Waals surface area contributed by atoms with Crippen LogP contribution in [0, 0.1) is 5.92 Å². The third-order valence-electron chi connectivity index (χ3n) is 4.67. The van der Waals surface area contributed by atoms with Gasteiger partial charge in [-0.2, -0.15) is 4.98 Å². The molecule has 1 aromatic carbocycles. The standard InChI is InChI=1S/C21H23N5O3/c1-12(2)19(27)23-14-5-3-13(4-6-14)16-7-8-17-18(24-16)20(26-21(22)25-17)29-15-9-10-28-11-15/h3-8,12,15H,9-11H2,1-2H3,(H,23,27)(H2,22,25,26)/t15-/m0/s1. The molecule has 1 atom stereocenters. The quantitative estimate of drug-likeness (QED) is 0.685. The largest absolute Gasteiger partial charge is 0.470 e. The Morgan fingerprint density at radius 3 is 2.66 bits per heavy atom. The summed E-state index contributed by atoms with van der Waals surface area (Å²) in [5, 5.41) is 2.88. The van der Waals surface area contributed by atoms with Crippen LogP contribution in [0.5, 0.6) is 5.88 Å². The molecule has 0 bridgehead atoms. The summed E-state index contributed by atoms with van der Waals surface area (Å²) in [5.41, 5.74) is 9.41. The molecule has 1 aliphatic heterocycles. The molecule has 0 saturated carbocycles. The van der Waals surface area contributed by atoms with Crippen LogP contribution >= 0.6 is 0 Å². The van der Waals surface area contributed by atoms with Crippen LogP contribution in [0.15, 0.2) is 36.4 Å². The van der Waals surface area contributed by atoms with Gasteiger partial charge in [-0.1, -0.05) is 26.0 Å². The first-order valence-electron chi connectivity index (χ1n) is 9.59. The van der Waals surface area contributed by atoms with Gasteiger partial charge in [0.05, 0.1) is 24.4 Å². The summed E-state index contributed by atoms with van der Waals surface area (Å²) in [6, 6.07) is 11.3. The molecule has 4 rings (SSSR count). The lowest BCUT2D eigenvalue weighted by Gasteiger charge is -2.13. The highest BCUT2D eigenvalue weighted by Crippen LogP contribution is 2.28. The fourth-order valence-corrected chi connectivity index (χ4v) is 3.02. The fourth-order valence-electron chi connectivity index (χ4n) is 3.02. The Hall–Kier alpha value is -3.26. The normalized spacial score (nSPS) is 16.3. The monoisotopic (exact) mass is 393 g/mol. The van der Waals surface area contributed by atoms with Gasteiger partial charge in [0.25, 0.3) is 0 Å². The topological polar surface area (TPSA) is 112 Å². The summed E-state index contributed by atoms with van der Waals surface area (Å²) in [7, 11) is 0. The van der Waals surface area contributed by atoms with Gasteiger partial charge in [-0.25, -0.2) is 9.97 Å². The first-order valence-corrected chi connectivity index (χ1v) is 9.59. The van der Waals surface area contributed by atoms with Gasteiger partial charge in [0.2, 0.25) is 17.7 Å². The first kappa shape index (κ1) is 19.1. The zero-order valence-electron chi connectivity index (χ0n) is 16.4. The van der Waals surface area contributed by atoms with Gasteiger partial charge in [-0.3, -0.25) is 4.79 Å². The minimum atomic E-state index is -0.0760. The van der Waals surface area contributed by atoms with Crippen molar-refractivity contribution in [2.45, 2.75) is 26.4 Å². The molecule has 0 radical (unpaired) electrons. The number of ether oxygens (including phenoxy) is 2. The zero-order valence-corrected chi connectivity index (χ0v) is 16.4. The van der Waals surface area contributed by atoms with Crippen molar-refractivity contribution in [3.8, 4) is 17.1 Å². The van der Waals surface area contributed by atoms with Gasteiger partial charge in [0, 0.05) is 23.6 Å². The highest BCUT2D eigenvalue weighted by Gasteiger charge is 2.20. The molecule has 8 nitrogen and oxygen atoms in total. The number of aromatic nitrogens is 3. The molecule has 3 N–H and O–H groups in total. The molecule has 1 aliphatic rings. The highest BCUT2D eigenvalue weighted by atomic mass is 16.5. The number of hydrogen-bond acceptors (Lipinski definition) is 7. The lowest BCUT2D eigenvalue weighted by Crippen LogP contribution is -2.17. The smallest absolute Gasteiger partial charge is 0.245 e. The van der Waals surface area contributed by atoms with Gasteiger partial charge in [-0.15, -0.1) is 0 Å². The van der Waals surface area contributed by atoms with Crippen LogP contribution in [0.1, 0.15) is 20.3 Å². The average Bonchev–Trinajstić information content (AvgIpc) is 3.21. The van der Waals surface area contributed by atoms with E-state index in [1.807, 2.05) is 50.2 Å². The van der Waals surface area contributed by atoms with E-state index < -0.39 is 0 Å². The minimum Gasteiger partial charge on any atom is -0.470 e. The molecule has 29 heavy (non-hydrogen) atoms. The molecule has 1 amide bonds. The molecule has 0 unspecified atom stereocenters. The molecule has 8 heteroatoms. The second-order valence-corrected chi connectivity index (χ2v) is 7.28. The SMILES string of the molecule is CC(C)C(=O)Nc1ccc(-c2ccc3nc(N)nc(O[C@H]4CCOC4)c3n2)cc1. The number of hydrogen-bond donors (Lipinski definition) is 2. The van der Waals surface area contributed by atoms with E-state index in [-0.39, 0.29) is 23.9 Å². The molecule has 2 aromatic heterocycles. The Morgan fingerprint density at radius 2 is 1.97 bits per heavy atom. The van der Waals surface area contributed by atoms with Crippen LogP contribution in [0.2, 0.25) is 0 Å². The van der Waals surface area contributed by atoms with E-state index in [1.165, 1.54) is 0 Å². The summed E-state index contributed by atoms with van der Waals surface area (Å²) in [6.07, 6.45) is 0.732. The second kappa shape index (κ2) is 8.00. The molecule has 0 aliphatic carbocycles. The van der Waals surface area contributed by atoms with E-state index in [9.17, 15) is 4.79 Å². The Labute approximate surface area is 168 Å². The summed E-state index contributed by atoms with van der Waals surface area (Å²) in [6.45, 7) is 4.90. The van der Waals surface area contributed by atoms with E-state index in [0.29, 0.717) is 30.1 Å². The number of pyridine rings is 1. The number of anilines is 2. The number of nitrogens with zero attached hydrogens (tertiary/aromatic N) is 3. The van der Waals surface area contributed by atoms with Gasteiger partial charge >= 0.3 is 0 Å². The lowest BCUT2D eigenvalue weighted by atomic mass is 10.1. The Bertz CT molecular complexity index is 1030. The van der Waals surface area contributed by atoms with E-state index >= 15 is 0 Å². The van der Waals surface area contributed by atoms with Gasteiger partial charge in [0.15, 0.2) is 5.52 Å². The number of nitrogen functional groups attached to an aromatic ring is 1. The number of fused-ring (bicyclic) bond motifs is 1. The van der Waals surface area contributed by atoms with Crippen LogP contribution in [-0.4, -0.2) is 40.2 Å². The maximum absolute atomic E-state index is 11.9. The summed E-state index contributed by atoms with van der Waals surface area (Å²) in [4.78, 5) is 25.1. The maximum Gasteiger partial charge on any atom is 0.245 e. The fraction of sp³-hybridized carbons (Fsp3) is 0.333. The predicted molar refractivity (Wildman–Crippen MR) is 111 cm³/mol.